The molecule has 0 aromatic carbocycles. The predicted octanol–water partition coefficient (Wildman–Crippen LogP) is 1.08. The molecule has 3 N–H and O–H groups in total. The molecule has 1 aromatic heterocycles. The first-order valence-corrected chi connectivity index (χ1v) is 3.77. The van der Waals surface area contributed by atoms with Gasteiger partial charge in [0.05, 0.1) is 5.56 Å². The topological polar surface area (TPSA) is 58.9 Å². The van der Waals surface area contributed by atoms with E-state index in [1.54, 1.807) is 6.92 Å². The highest BCUT2D eigenvalue weighted by atomic mass is 19.3. The highest BCUT2D eigenvalue weighted by Crippen LogP contribution is 2.20. The van der Waals surface area contributed by atoms with Gasteiger partial charge >= 0.3 is 0 Å². The summed E-state index contributed by atoms with van der Waals surface area (Å²) in [6.45, 7) is 1.58. The molecule has 3 nitrogen and oxygen atoms in total. The molecule has 0 fully saturated rings. The molecule has 0 radical (unpaired) electrons. The monoisotopic (exact) mass is 188 g/mol. The van der Waals surface area contributed by atoms with Gasteiger partial charge in [0.2, 0.25) is 0 Å². The lowest BCUT2D eigenvalue weighted by atomic mass is 10.1. The average Bonchev–Trinajstić information content (AvgIpc) is 2.07. The van der Waals surface area contributed by atoms with Crippen LogP contribution in [-0.2, 0) is 6.54 Å². The zero-order valence-corrected chi connectivity index (χ0v) is 7.10. The summed E-state index contributed by atoms with van der Waals surface area (Å²) in [5.41, 5.74) is 4.81. The van der Waals surface area contributed by atoms with Crippen LogP contribution in [0.1, 0.15) is 23.1 Å². The van der Waals surface area contributed by atoms with Gasteiger partial charge in [-0.3, -0.25) is 4.79 Å². The molecule has 13 heavy (non-hydrogen) atoms. The molecule has 1 heterocycles. The van der Waals surface area contributed by atoms with Crippen molar-refractivity contribution in [2.75, 3.05) is 0 Å². The molecule has 0 aliphatic rings. The van der Waals surface area contributed by atoms with E-state index in [0.717, 1.165) is 0 Å². The van der Waals surface area contributed by atoms with Gasteiger partial charge in [-0.2, -0.15) is 0 Å². The van der Waals surface area contributed by atoms with Crippen molar-refractivity contribution in [2.24, 2.45) is 5.73 Å². The third-order valence-corrected chi connectivity index (χ3v) is 1.89. The van der Waals surface area contributed by atoms with Crippen molar-refractivity contribution in [3.05, 3.63) is 33.2 Å². The summed E-state index contributed by atoms with van der Waals surface area (Å²) in [5, 5.41) is 0. The third kappa shape index (κ3) is 1.75. The Bertz CT molecular complexity index is 360. The summed E-state index contributed by atoms with van der Waals surface area (Å²) < 4.78 is 24.8. The number of hydrogen-bond acceptors (Lipinski definition) is 2. The molecule has 0 saturated heterocycles. The Morgan fingerprint density at radius 2 is 2.23 bits per heavy atom. The second-order valence-corrected chi connectivity index (χ2v) is 2.70. The Morgan fingerprint density at radius 3 is 2.62 bits per heavy atom. The first-order valence-electron chi connectivity index (χ1n) is 3.77. The smallest absolute Gasteiger partial charge is 0.269 e. The summed E-state index contributed by atoms with van der Waals surface area (Å²) in [7, 11) is 0. The molecule has 0 aliphatic carbocycles. The Balaban J connectivity index is 3.44. The highest BCUT2D eigenvalue weighted by molar-refractivity contribution is 5.31. The molecule has 0 saturated carbocycles. The summed E-state index contributed by atoms with van der Waals surface area (Å²) >= 11 is 0. The fourth-order valence-electron chi connectivity index (χ4n) is 1.19. The van der Waals surface area contributed by atoms with Crippen LogP contribution in [0.15, 0.2) is 11.0 Å². The number of aromatic amines is 1. The fourth-order valence-corrected chi connectivity index (χ4v) is 1.19. The molecule has 0 atom stereocenters. The van der Waals surface area contributed by atoms with Gasteiger partial charge in [-0.25, -0.2) is 8.78 Å². The van der Waals surface area contributed by atoms with Gasteiger partial charge in [-0.1, -0.05) is 0 Å². The van der Waals surface area contributed by atoms with E-state index in [1.807, 2.05) is 0 Å². The number of aromatic nitrogens is 1. The van der Waals surface area contributed by atoms with E-state index in [4.69, 9.17) is 5.73 Å². The van der Waals surface area contributed by atoms with E-state index < -0.39 is 17.5 Å². The number of H-pyrrole nitrogens is 1. The van der Waals surface area contributed by atoms with E-state index in [2.05, 4.69) is 4.98 Å². The van der Waals surface area contributed by atoms with E-state index in [1.165, 1.54) is 6.20 Å². The number of pyridine rings is 1. The van der Waals surface area contributed by atoms with Crippen LogP contribution in [0.2, 0.25) is 0 Å². The lowest BCUT2D eigenvalue weighted by molar-refractivity contribution is 0.148. The minimum Gasteiger partial charge on any atom is -0.328 e. The molecule has 0 bridgehead atoms. The van der Waals surface area contributed by atoms with Gasteiger partial charge in [0.15, 0.2) is 0 Å². The van der Waals surface area contributed by atoms with Crippen LogP contribution in [0.3, 0.4) is 0 Å². The van der Waals surface area contributed by atoms with Crippen LogP contribution in [0.25, 0.3) is 0 Å². The summed E-state index contributed by atoms with van der Waals surface area (Å²) in [5.74, 6) is 0. The van der Waals surface area contributed by atoms with Crippen LogP contribution >= 0.6 is 0 Å². The Labute approximate surface area is 73.6 Å². The number of hydrogen-bond donors (Lipinski definition) is 2. The number of alkyl halides is 2. The van der Waals surface area contributed by atoms with Crippen molar-refractivity contribution in [2.45, 2.75) is 19.9 Å². The first kappa shape index (κ1) is 9.85. The number of halogens is 2. The van der Waals surface area contributed by atoms with Gasteiger partial charge in [-0.15, -0.1) is 0 Å². The lowest BCUT2D eigenvalue weighted by Crippen LogP contribution is -2.18. The van der Waals surface area contributed by atoms with E-state index in [9.17, 15) is 13.6 Å². The van der Waals surface area contributed by atoms with E-state index in [0.29, 0.717) is 5.56 Å². The van der Waals surface area contributed by atoms with Crippen molar-refractivity contribution in [1.29, 1.82) is 0 Å². The van der Waals surface area contributed by atoms with Gasteiger partial charge in [0, 0.05) is 12.7 Å². The lowest BCUT2D eigenvalue weighted by Gasteiger charge is -2.07. The summed E-state index contributed by atoms with van der Waals surface area (Å²) in [6, 6.07) is 0. The SMILES string of the molecule is Cc1c[nH]c(=O)c(C(F)F)c1CN. The minimum absolute atomic E-state index is 0.0462. The largest absolute Gasteiger partial charge is 0.328 e. The van der Waals surface area contributed by atoms with Crippen molar-refractivity contribution >= 4 is 0 Å². The second-order valence-electron chi connectivity index (χ2n) is 2.70. The summed E-state index contributed by atoms with van der Waals surface area (Å²) in [6.07, 6.45) is -1.39. The molecule has 1 rings (SSSR count). The molecule has 1 aromatic rings. The third-order valence-electron chi connectivity index (χ3n) is 1.89. The van der Waals surface area contributed by atoms with Crippen molar-refractivity contribution in [1.82, 2.24) is 4.98 Å². The predicted molar refractivity (Wildman–Crippen MR) is 44.6 cm³/mol. The fraction of sp³-hybridized carbons (Fsp3) is 0.375. The van der Waals surface area contributed by atoms with Crippen LogP contribution in [0.5, 0.6) is 0 Å². The highest BCUT2D eigenvalue weighted by Gasteiger charge is 2.17. The minimum atomic E-state index is -2.78. The quantitative estimate of drug-likeness (QED) is 0.729. The average molecular weight is 188 g/mol. The number of nitrogens with one attached hydrogen (secondary N) is 1. The number of nitrogens with two attached hydrogens (primary N) is 1. The number of aryl methyl sites for hydroxylation is 1. The molecule has 0 spiro atoms. The maximum atomic E-state index is 12.4. The summed E-state index contributed by atoms with van der Waals surface area (Å²) in [4.78, 5) is 13.2. The van der Waals surface area contributed by atoms with Gasteiger partial charge in [0.25, 0.3) is 12.0 Å². The van der Waals surface area contributed by atoms with Crippen LogP contribution < -0.4 is 11.3 Å². The van der Waals surface area contributed by atoms with Crippen LogP contribution in [0, 0.1) is 6.92 Å². The Kier molecular flexibility index (Phi) is 2.77. The normalized spacial score (nSPS) is 10.8. The standard InChI is InChI=1S/C8H10F2N2O/c1-4-3-12-8(13)6(7(9)10)5(4)2-11/h3,7H,2,11H2,1H3,(H,12,13). The Hall–Kier alpha value is -1.23. The number of rotatable bonds is 2. The molecule has 5 heteroatoms. The van der Waals surface area contributed by atoms with Crippen molar-refractivity contribution < 1.29 is 8.78 Å². The maximum absolute atomic E-state index is 12.4. The zero-order chi connectivity index (χ0) is 10.0. The zero-order valence-electron chi connectivity index (χ0n) is 7.10. The van der Waals surface area contributed by atoms with Gasteiger partial charge in [-0.05, 0) is 18.1 Å². The molecule has 0 amide bonds. The van der Waals surface area contributed by atoms with E-state index in [-0.39, 0.29) is 12.1 Å². The van der Waals surface area contributed by atoms with Gasteiger partial charge < -0.3 is 10.7 Å². The second kappa shape index (κ2) is 3.66. The molecular weight excluding hydrogens is 178 g/mol. The van der Waals surface area contributed by atoms with Crippen LogP contribution in [0.4, 0.5) is 8.78 Å². The first-order chi connectivity index (χ1) is 6.07. The molecule has 72 valence electrons. The molecular formula is C8H10F2N2O. The maximum Gasteiger partial charge on any atom is 0.269 e. The van der Waals surface area contributed by atoms with Gasteiger partial charge in [0.1, 0.15) is 0 Å². The molecule has 0 unspecified atom stereocenters. The Morgan fingerprint density at radius 1 is 1.62 bits per heavy atom. The van der Waals surface area contributed by atoms with Crippen LogP contribution in [-0.4, -0.2) is 4.98 Å². The van der Waals surface area contributed by atoms with E-state index >= 15 is 0 Å². The van der Waals surface area contributed by atoms with Crippen molar-refractivity contribution in [3.63, 3.8) is 0 Å². The molecule has 0 aliphatic heterocycles. The van der Waals surface area contributed by atoms with Crippen molar-refractivity contribution in [3.8, 4) is 0 Å².